The summed E-state index contributed by atoms with van der Waals surface area (Å²) in [6, 6.07) is 9.74. The highest BCUT2D eigenvalue weighted by Crippen LogP contribution is 2.60. The second kappa shape index (κ2) is 17.5. The second-order valence-corrected chi connectivity index (χ2v) is 27.2. The van der Waals surface area contributed by atoms with Crippen molar-refractivity contribution in [3.05, 3.63) is 71.6 Å². The maximum absolute atomic E-state index is 17.1. The third kappa shape index (κ3) is 9.09. The van der Waals surface area contributed by atoms with Gasteiger partial charge in [-0.15, -0.1) is 0 Å². The first-order chi connectivity index (χ1) is 29.8. The molecule has 3 aliphatic rings. The van der Waals surface area contributed by atoms with E-state index in [4.69, 9.17) is 55.4 Å². The van der Waals surface area contributed by atoms with E-state index < -0.39 is 83.2 Å². The van der Waals surface area contributed by atoms with Crippen LogP contribution < -0.4 is 10.9 Å². The van der Waals surface area contributed by atoms with Crippen molar-refractivity contribution in [2.45, 2.75) is 101 Å². The number of aryl methyl sites for hydroxylation is 1. The number of rotatable bonds is 9. The van der Waals surface area contributed by atoms with Gasteiger partial charge in [0.25, 0.3) is 11.5 Å². The molecule has 1 amide bonds. The lowest BCUT2D eigenvalue weighted by atomic mass is 10.1. The molecule has 5 aromatic rings. The lowest BCUT2D eigenvalue weighted by molar-refractivity contribution is -0.0567. The van der Waals surface area contributed by atoms with E-state index >= 15 is 4.39 Å². The minimum absolute atomic E-state index is 0.0400. The Morgan fingerprint density at radius 1 is 1.02 bits per heavy atom. The Balaban J connectivity index is 1.17. The number of benzene rings is 1. The Hall–Kier alpha value is -3.79. The van der Waals surface area contributed by atoms with Gasteiger partial charge in [-0.05, 0) is 53.9 Å². The maximum Gasteiger partial charge on any atom is 0.327 e. The van der Waals surface area contributed by atoms with Gasteiger partial charge in [-0.25, -0.2) is 29.3 Å². The Labute approximate surface area is 371 Å². The summed E-state index contributed by atoms with van der Waals surface area (Å²) < 4.78 is 66.4. The Morgan fingerprint density at radius 2 is 1.73 bits per heavy atom. The third-order valence-corrected chi connectivity index (χ3v) is 20.0. The van der Waals surface area contributed by atoms with Crippen LogP contribution in [0.4, 0.5) is 10.2 Å². The average Bonchev–Trinajstić information content (AvgIpc) is 4.00. The minimum Gasteiger partial charge on any atom is -0.409 e. The molecule has 4 aromatic heterocycles. The predicted octanol–water partition coefficient (Wildman–Crippen LogP) is 5.35. The molecule has 2 aliphatic heterocycles. The summed E-state index contributed by atoms with van der Waals surface area (Å²) in [4.78, 5) is 59.8. The molecule has 3 fully saturated rings. The number of nitriles is 1. The lowest BCUT2D eigenvalue weighted by Crippen LogP contribution is -2.50. The first kappa shape index (κ1) is 45.8. The molecule has 2 saturated heterocycles. The van der Waals surface area contributed by atoms with E-state index in [2.05, 4.69) is 30.2 Å². The number of nitrogens with one attached hydrogen (secondary N) is 1. The van der Waals surface area contributed by atoms with E-state index in [0.29, 0.717) is 5.56 Å². The molecule has 63 heavy (non-hydrogen) atoms. The highest BCUT2D eigenvalue weighted by Gasteiger charge is 2.57. The largest absolute Gasteiger partial charge is 0.409 e. The van der Waals surface area contributed by atoms with Crippen molar-refractivity contribution in [1.29, 1.82) is 5.26 Å². The number of imidazole rings is 2. The number of aromatic nitrogens is 8. The van der Waals surface area contributed by atoms with Gasteiger partial charge in [0.15, 0.2) is 48.9 Å². The van der Waals surface area contributed by atoms with Crippen molar-refractivity contribution in [1.82, 2.24) is 38.6 Å². The molecule has 0 radical (unpaired) electrons. The van der Waals surface area contributed by atoms with Gasteiger partial charge in [0, 0.05) is 19.0 Å². The number of ether oxygens (including phenoxy) is 1. The van der Waals surface area contributed by atoms with Crippen LogP contribution in [0, 0.1) is 11.3 Å². The molecule has 26 heteroatoms. The van der Waals surface area contributed by atoms with E-state index in [9.17, 15) is 19.7 Å². The van der Waals surface area contributed by atoms with Gasteiger partial charge in [-0.1, -0.05) is 39.0 Å². The van der Waals surface area contributed by atoms with Crippen LogP contribution in [0.15, 0.2) is 60.4 Å². The Bertz CT molecular complexity index is 2740. The fourth-order valence-corrected chi connectivity index (χ4v) is 12.6. The summed E-state index contributed by atoms with van der Waals surface area (Å²) in [6.45, 7) is 1.18. The van der Waals surface area contributed by atoms with E-state index in [1.807, 2.05) is 39.9 Å². The quantitative estimate of drug-likeness (QED) is 0.108. The third-order valence-electron chi connectivity index (χ3n) is 11.6. The summed E-state index contributed by atoms with van der Waals surface area (Å²) in [5.41, 5.74) is 0.586. The number of hydrogen-bond donors (Lipinski definition) is 2. The lowest BCUT2D eigenvalue weighted by Gasteiger charge is -2.42. The highest BCUT2D eigenvalue weighted by atomic mass is 32.5. The van der Waals surface area contributed by atoms with Crippen molar-refractivity contribution in [2.75, 3.05) is 18.5 Å². The number of halogens is 1. The number of carbonyl (C=O) groups is 1. The molecular formula is C37H45FN10O10P2S2Si. The molecule has 0 spiro atoms. The fourth-order valence-electron chi connectivity index (χ4n) is 7.38. The summed E-state index contributed by atoms with van der Waals surface area (Å²) in [5.74, 6) is -0.376. The Kier molecular flexibility index (Phi) is 12.7. The van der Waals surface area contributed by atoms with Gasteiger partial charge < -0.3 is 46.6 Å². The number of nitrogens with zero attached hydrogens (tertiary/aromatic N) is 9. The zero-order valence-corrected chi connectivity index (χ0v) is 39.3. The van der Waals surface area contributed by atoms with E-state index in [0.717, 1.165) is 0 Å². The van der Waals surface area contributed by atoms with Crippen molar-refractivity contribution < 1.29 is 45.9 Å². The molecule has 1 aliphatic carbocycles. The number of carbonyl (C=O) groups excluding carboxylic acids is 1. The van der Waals surface area contributed by atoms with Crippen LogP contribution in [0.3, 0.4) is 0 Å². The van der Waals surface area contributed by atoms with Crippen molar-refractivity contribution in [3.8, 4) is 6.07 Å². The fraction of sp³-hybridized carbons (Fsp3) is 0.514. The van der Waals surface area contributed by atoms with Crippen molar-refractivity contribution in [3.63, 3.8) is 0 Å². The molecule has 336 valence electrons. The highest BCUT2D eigenvalue weighted by molar-refractivity contribution is 8.07. The topological polar surface area (TPSA) is 234 Å². The molecule has 1 saturated carbocycles. The van der Waals surface area contributed by atoms with Gasteiger partial charge in [-0.2, -0.15) is 5.26 Å². The van der Waals surface area contributed by atoms with Crippen LogP contribution in [0.2, 0.25) is 18.1 Å². The van der Waals surface area contributed by atoms with Crippen LogP contribution >= 0.6 is 13.4 Å². The normalized spacial score (nSPS) is 30.4. The second-order valence-electron chi connectivity index (χ2n) is 16.7. The first-order valence-corrected chi connectivity index (χ1v) is 27.9. The summed E-state index contributed by atoms with van der Waals surface area (Å²) in [7, 11) is -1.17. The summed E-state index contributed by atoms with van der Waals surface area (Å²) >= 11 is 11.7. The first-order valence-electron chi connectivity index (χ1n) is 19.8. The average molecular weight is 963 g/mol. The van der Waals surface area contributed by atoms with Crippen LogP contribution in [0.5, 0.6) is 0 Å². The predicted molar refractivity (Wildman–Crippen MR) is 235 cm³/mol. The monoisotopic (exact) mass is 962 g/mol. The Morgan fingerprint density at radius 3 is 2.46 bits per heavy atom. The molecule has 10 atom stereocenters. The molecule has 2 unspecified atom stereocenters. The van der Waals surface area contributed by atoms with Crippen molar-refractivity contribution >= 4 is 79.4 Å². The van der Waals surface area contributed by atoms with Gasteiger partial charge in [0.05, 0.1) is 56.8 Å². The van der Waals surface area contributed by atoms with Crippen LogP contribution in [0.1, 0.15) is 56.2 Å². The number of alkyl halides is 1. The van der Waals surface area contributed by atoms with Gasteiger partial charge in [-0.3, -0.25) is 18.7 Å². The molecule has 6 heterocycles. The molecular weight excluding hydrogens is 918 g/mol. The number of hydrogen-bond acceptors (Lipinski definition) is 17. The van der Waals surface area contributed by atoms with Crippen LogP contribution in [-0.2, 0) is 62.4 Å². The number of fused-ring (bicyclic) bond motifs is 5. The van der Waals surface area contributed by atoms with E-state index in [1.54, 1.807) is 41.9 Å². The summed E-state index contributed by atoms with van der Waals surface area (Å²) in [5, 5.41) is 11.8. The van der Waals surface area contributed by atoms with Gasteiger partial charge in [0.2, 0.25) is 0 Å². The van der Waals surface area contributed by atoms with Gasteiger partial charge in [0.1, 0.15) is 30.7 Å². The molecule has 2 bridgehead atoms. The standard InChI is InChI=1S/C37H45FN10O10P2S2Si/c1-37(2,3)63(5,6)58-30-23-15-22(47-19-43-27-33(47)44-18-46(4)35(27)50)28(30)57-60(62,52-14-10-13-39)53-16-24-29(56-59(51,61)55-23)25(38)36(54-24)48-20-42-26-31(40-17-41-32(26)48)45-34(49)21-11-8-7-9-12-21/h7-9,11-12,17-20,22-25,28-30,36H,10,14-16H2,1-6H3,(H,51,61)(H,40,41,45,49)/t22-,23+,24-,25-,28+,29-,30-,36-,59?,60?/m1/s1. The smallest absolute Gasteiger partial charge is 0.327 e. The zero-order valence-electron chi connectivity index (χ0n) is 34.9. The van der Waals surface area contributed by atoms with Crippen LogP contribution in [0.25, 0.3) is 22.3 Å². The molecule has 1 aromatic carbocycles. The number of amides is 1. The van der Waals surface area contributed by atoms with E-state index in [1.165, 1.54) is 34.4 Å². The maximum atomic E-state index is 17.1. The SMILES string of the molecule is Cn1cnc2c(ncn2[C@@H]2C[C@@H]3OP(O)(=S)O[C@H]4[C@@H](F)[C@H](n5cnc6c(NC(=O)c7ccccc7)ncnc65)O[C@@H]4COP(=S)(OCCC#N)O[C@@H]2[C@@H]3O[Si](C)(C)C(C)(C)C)c1=O. The molecule has 8 rings (SSSR count). The van der Waals surface area contributed by atoms with Crippen molar-refractivity contribution in [2.24, 2.45) is 7.05 Å². The zero-order chi connectivity index (χ0) is 45.1. The van der Waals surface area contributed by atoms with Crippen LogP contribution in [-0.4, -0.2) is 108 Å². The molecule has 2 N–H and O–H groups in total. The number of anilines is 1. The van der Waals surface area contributed by atoms with E-state index in [-0.39, 0.29) is 58.2 Å². The molecule has 20 nitrogen and oxygen atoms in total. The van der Waals surface area contributed by atoms with Gasteiger partial charge >= 0.3 is 13.4 Å². The minimum atomic E-state index is -4.40. The summed E-state index contributed by atoms with van der Waals surface area (Å²) in [6.07, 6.45) is -4.34.